The third kappa shape index (κ3) is 8.23. The fraction of sp³-hybridized carbons (Fsp3) is 0.417. The average Bonchev–Trinajstić information content (AvgIpc) is 2.78. The maximum atomic E-state index is 13.5. The van der Waals surface area contributed by atoms with Crippen molar-refractivity contribution in [2.24, 2.45) is 0 Å². The Kier molecular flexibility index (Phi) is 10.7. The summed E-state index contributed by atoms with van der Waals surface area (Å²) in [6.45, 7) is 3.88. The molecule has 34 heavy (non-hydrogen) atoms. The normalized spacial score (nSPS) is 12.1. The number of anilines is 1. The van der Waals surface area contributed by atoms with E-state index in [1.807, 2.05) is 6.92 Å². The monoisotopic (exact) mass is 603 g/mol. The molecule has 0 heterocycles. The van der Waals surface area contributed by atoms with Gasteiger partial charge in [0.25, 0.3) is 0 Å². The molecule has 7 nitrogen and oxygen atoms in total. The van der Waals surface area contributed by atoms with Crippen molar-refractivity contribution in [2.45, 2.75) is 45.7 Å². The van der Waals surface area contributed by atoms with Crippen LogP contribution in [0.4, 0.5) is 10.1 Å². The van der Waals surface area contributed by atoms with Crippen molar-refractivity contribution < 1.29 is 22.4 Å². The highest BCUT2D eigenvalue weighted by molar-refractivity contribution is 14.1. The van der Waals surface area contributed by atoms with E-state index < -0.39 is 34.3 Å². The molecule has 0 aliphatic rings. The first kappa shape index (κ1) is 28.0. The Hall–Kier alpha value is -2.21. The molecule has 10 heteroatoms. The van der Waals surface area contributed by atoms with Gasteiger partial charge in [-0.3, -0.25) is 13.9 Å². The predicted molar refractivity (Wildman–Crippen MR) is 140 cm³/mol. The number of hydrogen-bond donors (Lipinski definition) is 1. The lowest BCUT2D eigenvalue weighted by atomic mass is 10.1. The molecule has 0 saturated heterocycles. The van der Waals surface area contributed by atoms with Gasteiger partial charge in [0.05, 0.1) is 11.9 Å². The second-order valence-corrected chi connectivity index (χ2v) is 11.1. The van der Waals surface area contributed by atoms with E-state index in [-0.39, 0.29) is 12.5 Å². The van der Waals surface area contributed by atoms with Crippen LogP contribution < -0.4 is 9.62 Å². The van der Waals surface area contributed by atoms with Gasteiger partial charge in [0.15, 0.2) is 0 Å². The highest BCUT2D eigenvalue weighted by atomic mass is 127. The van der Waals surface area contributed by atoms with Crippen molar-refractivity contribution in [3.8, 4) is 0 Å². The number of nitrogens with zero attached hydrogens (tertiary/aromatic N) is 2. The number of sulfonamides is 1. The first-order valence-corrected chi connectivity index (χ1v) is 14.0. The van der Waals surface area contributed by atoms with Crippen LogP contribution >= 0.6 is 22.6 Å². The van der Waals surface area contributed by atoms with Crippen molar-refractivity contribution in [3.63, 3.8) is 0 Å². The molecule has 1 N–H and O–H groups in total. The third-order valence-corrected chi connectivity index (χ3v) is 7.14. The summed E-state index contributed by atoms with van der Waals surface area (Å²) in [5.74, 6) is -1.23. The number of carbonyl (C=O) groups is 2. The van der Waals surface area contributed by atoms with Gasteiger partial charge in [-0.15, -0.1) is 0 Å². The molecule has 0 aromatic heterocycles. The molecule has 2 rings (SSSR count). The average molecular weight is 603 g/mol. The third-order valence-electron chi connectivity index (χ3n) is 5.28. The zero-order valence-electron chi connectivity index (χ0n) is 19.6. The Morgan fingerprint density at radius 2 is 1.68 bits per heavy atom. The summed E-state index contributed by atoms with van der Waals surface area (Å²) in [5.41, 5.74) is 0.994. The molecule has 0 radical (unpaired) electrons. The summed E-state index contributed by atoms with van der Waals surface area (Å²) in [5, 5.41) is 2.86. The standard InChI is InChI=1S/C24H31FIN3O4S/c1-4-6-15-27-24(31)22(5-2)28(16-18-7-9-19(25)10-8-18)23(30)17-29(34(3,32)33)21-13-11-20(26)12-14-21/h7-14,22H,4-6,15-17H2,1-3H3,(H,27,31). The molecule has 0 aliphatic heterocycles. The predicted octanol–water partition coefficient (Wildman–Crippen LogP) is 3.92. The molecule has 0 fully saturated rings. The number of halogens is 2. The lowest BCUT2D eigenvalue weighted by Crippen LogP contribution is -2.52. The second kappa shape index (κ2) is 13.0. The minimum atomic E-state index is -3.77. The second-order valence-electron chi connectivity index (χ2n) is 7.96. The Bertz CT molecular complexity index is 1060. The minimum Gasteiger partial charge on any atom is -0.354 e. The molecule has 0 bridgehead atoms. The lowest BCUT2D eigenvalue weighted by molar-refractivity contribution is -0.140. The number of hydrogen-bond acceptors (Lipinski definition) is 4. The Balaban J connectivity index is 2.37. The zero-order valence-corrected chi connectivity index (χ0v) is 22.6. The van der Waals surface area contributed by atoms with Crippen molar-refractivity contribution in [1.82, 2.24) is 10.2 Å². The van der Waals surface area contributed by atoms with E-state index in [2.05, 4.69) is 27.9 Å². The van der Waals surface area contributed by atoms with Gasteiger partial charge in [-0.2, -0.15) is 0 Å². The number of unbranched alkanes of at least 4 members (excludes halogenated alkanes) is 1. The van der Waals surface area contributed by atoms with E-state index in [4.69, 9.17) is 0 Å². The van der Waals surface area contributed by atoms with E-state index >= 15 is 0 Å². The van der Waals surface area contributed by atoms with Gasteiger partial charge in [0.1, 0.15) is 18.4 Å². The molecule has 1 unspecified atom stereocenters. The van der Waals surface area contributed by atoms with E-state index in [1.165, 1.54) is 17.0 Å². The number of amides is 2. The van der Waals surface area contributed by atoms with Crippen molar-refractivity contribution in [1.29, 1.82) is 0 Å². The minimum absolute atomic E-state index is 0.0447. The van der Waals surface area contributed by atoms with E-state index in [0.717, 1.165) is 27.0 Å². The number of nitrogens with one attached hydrogen (secondary N) is 1. The first-order chi connectivity index (χ1) is 16.1. The van der Waals surface area contributed by atoms with Crippen LogP contribution in [0.3, 0.4) is 0 Å². The molecule has 0 spiro atoms. The number of rotatable bonds is 12. The molecule has 2 aromatic rings. The maximum Gasteiger partial charge on any atom is 0.244 e. The smallest absolute Gasteiger partial charge is 0.244 e. The SMILES string of the molecule is CCCCNC(=O)C(CC)N(Cc1ccc(F)cc1)C(=O)CN(c1ccc(I)cc1)S(C)(=O)=O. The van der Waals surface area contributed by atoms with Crippen LogP contribution in [0.2, 0.25) is 0 Å². The summed E-state index contributed by atoms with van der Waals surface area (Å²) in [7, 11) is -3.77. The van der Waals surface area contributed by atoms with E-state index in [9.17, 15) is 22.4 Å². The fourth-order valence-corrected chi connectivity index (χ4v) is 4.64. The summed E-state index contributed by atoms with van der Waals surface area (Å²) in [6.07, 6.45) is 3.10. The van der Waals surface area contributed by atoms with Gasteiger partial charge in [0.2, 0.25) is 21.8 Å². The summed E-state index contributed by atoms with van der Waals surface area (Å²) >= 11 is 2.11. The van der Waals surface area contributed by atoms with Gasteiger partial charge in [-0.25, -0.2) is 12.8 Å². The molecule has 1 atom stereocenters. The van der Waals surface area contributed by atoms with Gasteiger partial charge in [-0.1, -0.05) is 32.4 Å². The van der Waals surface area contributed by atoms with Crippen LogP contribution in [0.5, 0.6) is 0 Å². The summed E-state index contributed by atoms with van der Waals surface area (Å²) in [4.78, 5) is 27.8. The van der Waals surface area contributed by atoms with Gasteiger partial charge >= 0.3 is 0 Å². The van der Waals surface area contributed by atoms with Crippen molar-refractivity contribution in [3.05, 3.63) is 63.5 Å². The van der Waals surface area contributed by atoms with E-state index in [0.29, 0.717) is 24.2 Å². The molecule has 0 aliphatic carbocycles. The van der Waals surface area contributed by atoms with Gasteiger partial charge in [-0.05, 0) is 77.4 Å². The Morgan fingerprint density at radius 1 is 1.06 bits per heavy atom. The molecular weight excluding hydrogens is 572 g/mol. The topological polar surface area (TPSA) is 86.8 Å². The first-order valence-electron chi connectivity index (χ1n) is 11.1. The van der Waals surface area contributed by atoms with Crippen LogP contribution in [0, 0.1) is 9.39 Å². The van der Waals surface area contributed by atoms with Crippen LogP contribution in [-0.2, 0) is 26.2 Å². The van der Waals surface area contributed by atoms with Crippen molar-refractivity contribution >= 4 is 50.1 Å². The van der Waals surface area contributed by atoms with E-state index in [1.54, 1.807) is 43.3 Å². The quantitative estimate of drug-likeness (QED) is 0.295. The summed E-state index contributed by atoms with van der Waals surface area (Å²) in [6, 6.07) is 11.6. The largest absolute Gasteiger partial charge is 0.354 e. The van der Waals surface area contributed by atoms with Crippen LogP contribution in [-0.4, -0.2) is 50.5 Å². The molecule has 2 aromatic carbocycles. The Labute approximate surface area is 214 Å². The molecule has 2 amide bonds. The van der Waals surface area contributed by atoms with Gasteiger partial charge < -0.3 is 10.2 Å². The van der Waals surface area contributed by atoms with Crippen LogP contribution in [0.15, 0.2) is 48.5 Å². The molecular formula is C24H31FIN3O4S. The van der Waals surface area contributed by atoms with Gasteiger partial charge in [0, 0.05) is 16.7 Å². The van der Waals surface area contributed by atoms with Crippen molar-refractivity contribution in [2.75, 3.05) is 23.7 Å². The maximum absolute atomic E-state index is 13.5. The lowest BCUT2D eigenvalue weighted by Gasteiger charge is -2.33. The fourth-order valence-electron chi connectivity index (χ4n) is 3.43. The van der Waals surface area contributed by atoms with Crippen LogP contribution in [0.25, 0.3) is 0 Å². The highest BCUT2D eigenvalue weighted by Gasteiger charge is 2.31. The highest BCUT2D eigenvalue weighted by Crippen LogP contribution is 2.21. The zero-order chi connectivity index (χ0) is 25.3. The Morgan fingerprint density at radius 3 is 2.21 bits per heavy atom. The molecule has 186 valence electrons. The summed E-state index contributed by atoms with van der Waals surface area (Å²) < 4.78 is 40.5. The molecule has 0 saturated carbocycles. The number of carbonyl (C=O) groups excluding carboxylic acids is 2. The van der Waals surface area contributed by atoms with Crippen LogP contribution in [0.1, 0.15) is 38.7 Å². The number of benzene rings is 2.